The number of carbonyl (C=O) groups is 3. The number of imide groups is 1. The van der Waals surface area contributed by atoms with Crippen LogP contribution in [-0.2, 0) is 19.1 Å². The third-order valence-corrected chi connectivity index (χ3v) is 1.66. The first-order valence-corrected chi connectivity index (χ1v) is 3.76. The number of ether oxygens (including phenoxy) is 1. The van der Waals surface area contributed by atoms with Crippen LogP contribution in [0.3, 0.4) is 0 Å². The monoisotopic (exact) mass is 183 g/mol. The second-order valence-corrected chi connectivity index (χ2v) is 2.65. The lowest BCUT2D eigenvalue weighted by Gasteiger charge is -2.04. The first-order chi connectivity index (χ1) is 6.13. The highest BCUT2D eigenvalue weighted by atomic mass is 16.5. The molecule has 1 aliphatic rings. The molecule has 1 N–H and O–H groups in total. The predicted molar refractivity (Wildman–Crippen MR) is 42.4 cm³/mol. The molecular weight excluding hydrogens is 174 g/mol. The molecule has 13 heavy (non-hydrogen) atoms. The quantitative estimate of drug-likeness (QED) is 0.359. The van der Waals surface area contributed by atoms with Gasteiger partial charge in [0.1, 0.15) is 6.61 Å². The summed E-state index contributed by atoms with van der Waals surface area (Å²) in [6.07, 6.45) is 1.10. The van der Waals surface area contributed by atoms with Gasteiger partial charge in [-0.2, -0.15) is 0 Å². The third kappa shape index (κ3) is 2.40. The van der Waals surface area contributed by atoms with E-state index < -0.39 is 11.9 Å². The van der Waals surface area contributed by atoms with Gasteiger partial charge in [-0.15, -0.1) is 0 Å². The summed E-state index contributed by atoms with van der Waals surface area (Å²) >= 11 is 0. The van der Waals surface area contributed by atoms with E-state index in [1.807, 2.05) is 0 Å². The minimum atomic E-state index is -0.591. The molecule has 0 saturated carbocycles. The summed E-state index contributed by atoms with van der Waals surface area (Å²) in [4.78, 5) is 32.2. The van der Waals surface area contributed by atoms with Crippen LogP contribution in [0, 0.1) is 5.92 Å². The number of esters is 1. The number of nitrogens with one attached hydrogen (secondary N) is 1. The molecule has 0 bridgehead atoms. The van der Waals surface area contributed by atoms with Crippen LogP contribution in [-0.4, -0.2) is 24.4 Å². The lowest BCUT2D eigenvalue weighted by Crippen LogP contribution is -2.24. The number of rotatable bonds is 3. The van der Waals surface area contributed by atoms with Crippen LogP contribution in [0.5, 0.6) is 0 Å². The molecule has 2 amide bonds. The summed E-state index contributed by atoms with van der Waals surface area (Å²) < 4.78 is 4.62. The van der Waals surface area contributed by atoms with Gasteiger partial charge in [-0.1, -0.05) is 6.58 Å². The van der Waals surface area contributed by atoms with Gasteiger partial charge in [0.15, 0.2) is 0 Å². The second kappa shape index (κ2) is 3.84. The van der Waals surface area contributed by atoms with E-state index >= 15 is 0 Å². The smallest absolute Gasteiger partial charge is 0.330 e. The normalized spacial score (nSPS) is 21.1. The molecule has 5 nitrogen and oxygen atoms in total. The van der Waals surface area contributed by atoms with Crippen molar-refractivity contribution >= 4 is 17.8 Å². The molecule has 5 heteroatoms. The molecule has 0 aliphatic carbocycles. The highest BCUT2D eigenvalue weighted by Gasteiger charge is 2.31. The van der Waals surface area contributed by atoms with Crippen molar-refractivity contribution in [3.63, 3.8) is 0 Å². The largest absolute Gasteiger partial charge is 0.462 e. The first-order valence-electron chi connectivity index (χ1n) is 3.76. The lowest BCUT2D eigenvalue weighted by atomic mass is 10.1. The maximum atomic E-state index is 10.9. The van der Waals surface area contributed by atoms with Crippen molar-refractivity contribution in [2.24, 2.45) is 5.92 Å². The van der Waals surface area contributed by atoms with Gasteiger partial charge in [0.2, 0.25) is 11.8 Å². The van der Waals surface area contributed by atoms with E-state index in [9.17, 15) is 14.4 Å². The summed E-state index contributed by atoms with van der Waals surface area (Å²) in [5.74, 6) is -1.85. The molecule has 1 atom stereocenters. The Balaban J connectivity index is 2.37. The molecular formula is C8H9NO4. The van der Waals surface area contributed by atoms with Gasteiger partial charge < -0.3 is 4.74 Å². The SMILES string of the molecule is C=CC(=O)OCC1CC(=O)NC1=O. The lowest BCUT2D eigenvalue weighted by molar-refractivity contribution is -0.140. The van der Waals surface area contributed by atoms with Crippen LogP contribution in [0.4, 0.5) is 0 Å². The Kier molecular flexibility index (Phi) is 2.79. The number of amides is 2. The van der Waals surface area contributed by atoms with Crippen LogP contribution in [0.1, 0.15) is 6.42 Å². The van der Waals surface area contributed by atoms with Crippen LogP contribution < -0.4 is 5.32 Å². The minimum Gasteiger partial charge on any atom is -0.462 e. The maximum absolute atomic E-state index is 10.9. The van der Waals surface area contributed by atoms with Crippen LogP contribution in [0.15, 0.2) is 12.7 Å². The van der Waals surface area contributed by atoms with Crippen molar-refractivity contribution in [2.45, 2.75) is 6.42 Å². The fraction of sp³-hybridized carbons (Fsp3) is 0.375. The van der Waals surface area contributed by atoms with Gasteiger partial charge >= 0.3 is 5.97 Å². The zero-order valence-electron chi connectivity index (χ0n) is 6.91. The highest BCUT2D eigenvalue weighted by molar-refractivity contribution is 6.03. The van der Waals surface area contributed by atoms with Crippen molar-refractivity contribution in [1.82, 2.24) is 5.32 Å². The molecule has 0 aromatic rings. The van der Waals surface area contributed by atoms with Crippen molar-refractivity contribution in [3.8, 4) is 0 Å². The zero-order valence-corrected chi connectivity index (χ0v) is 6.91. The molecule has 0 aromatic heterocycles. The molecule has 70 valence electrons. The Hall–Kier alpha value is -1.65. The predicted octanol–water partition coefficient (Wildman–Crippen LogP) is -0.622. The molecule has 1 saturated heterocycles. The summed E-state index contributed by atoms with van der Waals surface area (Å²) in [5, 5.41) is 2.11. The Morgan fingerprint density at radius 3 is 2.85 bits per heavy atom. The number of hydrogen-bond acceptors (Lipinski definition) is 4. The molecule has 1 rings (SSSR count). The molecule has 0 radical (unpaired) electrons. The average Bonchev–Trinajstić information content (AvgIpc) is 2.41. The molecule has 1 unspecified atom stereocenters. The van der Waals surface area contributed by atoms with Gasteiger partial charge in [0.05, 0.1) is 5.92 Å². The Morgan fingerprint density at radius 1 is 1.69 bits per heavy atom. The molecule has 1 heterocycles. The van der Waals surface area contributed by atoms with Gasteiger partial charge in [-0.05, 0) is 0 Å². The minimum absolute atomic E-state index is 0.0670. The standard InChI is InChI=1S/C8H9NO4/c1-2-7(11)13-4-5-3-6(10)9-8(5)12/h2,5H,1,3-4H2,(H,9,10,12). The fourth-order valence-corrected chi connectivity index (χ4v) is 0.983. The van der Waals surface area contributed by atoms with E-state index in [2.05, 4.69) is 16.6 Å². The van der Waals surface area contributed by atoms with E-state index in [1.54, 1.807) is 0 Å². The van der Waals surface area contributed by atoms with Crippen molar-refractivity contribution in [3.05, 3.63) is 12.7 Å². The fourth-order valence-electron chi connectivity index (χ4n) is 0.983. The summed E-state index contributed by atoms with van der Waals surface area (Å²) in [6, 6.07) is 0. The number of hydrogen-bond donors (Lipinski definition) is 1. The highest BCUT2D eigenvalue weighted by Crippen LogP contribution is 2.10. The molecule has 1 fully saturated rings. The van der Waals surface area contributed by atoms with Crippen molar-refractivity contribution < 1.29 is 19.1 Å². The van der Waals surface area contributed by atoms with E-state index in [0.29, 0.717) is 0 Å². The topological polar surface area (TPSA) is 72.5 Å². The summed E-state index contributed by atoms with van der Waals surface area (Å²) in [7, 11) is 0. The molecule has 0 aromatic carbocycles. The van der Waals surface area contributed by atoms with Gasteiger partial charge in [-0.25, -0.2) is 4.79 Å². The Bertz CT molecular complexity index is 271. The number of carbonyl (C=O) groups excluding carboxylic acids is 3. The van der Waals surface area contributed by atoms with Gasteiger partial charge in [0.25, 0.3) is 0 Å². The zero-order chi connectivity index (χ0) is 9.84. The summed E-state index contributed by atoms with van der Waals surface area (Å²) in [6.45, 7) is 3.13. The van der Waals surface area contributed by atoms with E-state index in [1.165, 1.54) is 0 Å². The van der Waals surface area contributed by atoms with Crippen molar-refractivity contribution in [1.29, 1.82) is 0 Å². The maximum Gasteiger partial charge on any atom is 0.330 e. The average molecular weight is 183 g/mol. The Morgan fingerprint density at radius 2 is 2.38 bits per heavy atom. The van der Waals surface area contributed by atoms with Crippen LogP contribution in [0.25, 0.3) is 0 Å². The van der Waals surface area contributed by atoms with E-state index in [0.717, 1.165) is 6.08 Å². The summed E-state index contributed by atoms with van der Waals surface area (Å²) in [5.41, 5.74) is 0. The third-order valence-electron chi connectivity index (χ3n) is 1.66. The molecule has 1 aliphatic heterocycles. The van der Waals surface area contributed by atoms with Gasteiger partial charge in [-0.3, -0.25) is 14.9 Å². The second-order valence-electron chi connectivity index (χ2n) is 2.65. The van der Waals surface area contributed by atoms with Crippen LogP contribution in [0.2, 0.25) is 0 Å². The van der Waals surface area contributed by atoms with Crippen LogP contribution >= 0.6 is 0 Å². The van der Waals surface area contributed by atoms with E-state index in [-0.39, 0.29) is 24.8 Å². The van der Waals surface area contributed by atoms with Gasteiger partial charge in [0, 0.05) is 12.5 Å². The first kappa shape index (κ1) is 9.44. The molecule has 0 spiro atoms. The van der Waals surface area contributed by atoms with E-state index in [4.69, 9.17) is 0 Å². The van der Waals surface area contributed by atoms with Crippen molar-refractivity contribution in [2.75, 3.05) is 6.61 Å². The Labute approximate surface area is 74.7 Å².